The molecule has 2 amide bonds. The summed E-state index contributed by atoms with van der Waals surface area (Å²) in [5.74, 6) is 1.05. The Morgan fingerprint density at radius 1 is 1.11 bits per heavy atom. The van der Waals surface area contributed by atoms with Crippen LogP contribution in [0.15, 0.2) is 61.2 Å². The number of rotatable bonds is 4. The third-order valence-corrected chi connectivity index (χ3v) is 5.55. The maximum absolute atomic E-state index is 12.6. The van der Waals surface area contributed by atoms with E-state index < -0.39 is 6.10 Å². The van der Waals surface area contributed by atoms with Gasteiger partial charge in [-0.25, -0.2) is 0 Å². The fraction of sp³-hybridized carbons (Fsp3) is 0.304. The molecule has 0 radical (unpaired) electrons. The summed E-state index contributed by atoms with van der Waals surface area (Å²) in [4.78, 5) is 26.2. The van der Waals surface area contributed by atoms with Crippen molar-refractivity contribution in [2.75, 3.05) is 18.4 Å². The molecule has 0 aromatic heterocycles. The molecule has 2 aliphatic heterocycles. The molecule has 2 aromatic rings. The highest BCUT2D eigenvalue weighted by Gasteiger charge is 2.29. The smallest absolute Gasteiger partial charge is 0.265 e. The van der Waals surface area contributed by atoms with Gasteiger partial charge in [0.1, 0.15) is 5.75 Å². The van der Waals surface area contributed by atoms with Crippen LogP contribution < -0.4 is 10.1 Å². The quantitative estimate of drug-likeness (QED) is 0.831. The fourth-order valence-corrected chi connectivity index (χ4v) is 3.98. The van der Waals surface area contributed by atoms with E-state index in [4.69, 9.17) is 4.74 Å². The Labute approximate surface area is 165 Å². The van der Waals surface area contributed by atoms with Crippen LogP contribution in [0.3, 0.4) is 0 Å². The van der Waals surface area contributed by atoms with Crippen LogP contribution in [0.2, 0.25) is 0 Å². The Morgan fingerprint density at radius 3 is 2.64 bits per heavy atom. The van der Waals surface area contributed by atoms with Crippen LogP contribution in [-0.2, 0) is 16.0 Å². The van der Waals surface area contributed by atoms with E-state index in [0.29, 0.717) is 12.3 Å². The molecule has 1 unspecified atom stereocenters. The summed E-state index contributed by atoms with van der Waals surface area (Å²) >= 11 is 0. The van der Waals surface area contributed by atoms with Crippen molar-refractivity contribution in [3.8, 4) is 5.75 Å². The first-order valence-electron chi connectivity index (χ1n) is 9.71. The van der Waals surface area contributed by atoms with Crippen molar-refractivity contribution in [2.45, 2.75) is 31.3 Å². The van der Waals surface area contributed by atoms with Crippen molar-refractivity contribution in [1.29, 1.82) is 0 Å². The van der Waals surface area contributed by atoms with Crippen LogP contribution in [0.25, 0.3) is 0 Å². The molecule has 4 rings (SSSR count). The van der Waals surface area contributed by atoms with Crippen LogP contribution in [0.1, 0.15) is 29.9 Å². The summed E-state index contributed by atoms with van der Waals surface area (Å²) in [6.45, 7) is 5.03. The number of ether oxygens (including phenoxy) is 1. The van der Waals surface area contributed by atoms with Gasteiger partial charge in [-0.1, -0.05) is 36.9 Å². The van der Waals surface area contributed by atoms with Gasteiger partial charge in [0.15, 0.2) is 6.10 Å². The number of para-hydroxylation sites is 1. The number of fused-ring (bicyclic) bond motifs is 1. The maximum atomic E-state index is 12.6. The fourth-order valence-electron chi connectivity index (χ4n) is 3.98. The number of anilines is 1. The predicted octanol–water partition coefficient (Wildman–Crippen LogP) is 3.52. The third-order valence-electron chi connectivity index (χ3n) is 5.55. The molecule has 0 spiro atoms. The Kier molecular flexibility index (Phi) is 5.15. The second kappa shape index (κ2) is 7.89. The van der Waals surface area contributed by atoms with Gasteiger partial charge in [-0.15, -0.1) is 0 Å². The monoisotopic (exact) mass is 376 g/mol. The van der Waals surface area contributed by atoms with E-state index in [1.54, 1.807) is 0 Å². The van der Waals surface area contributed by atoms with E-state index in [2.05, 4.69) is 18.0 Å². The van der Waals surface area contributed by atoms with Crippen LogP contribution in [0.4, 0.5) is 5.69 Å². The summed E-state index contributed by atoms with van der Waals surface area (Å²) in [5.41, 5.74) is 3.04. The number of nitrogens with one attached hydrogen (secondary N) is 1. The molecular formula is C23H24N2O3. The van der Waals surface area contributed by atoms with E-state index in [1.807, 2.05) is 47.4 Å². The lowest BCUT2D eigenvalue weighted by atomic mass is 9.89. The van der Waals surface area contributed by atoms with Crippen molar-refractivity contribution >= 4 is 17.5 Å². The molecule has 1 N–H and O–H groups in total. The summed E-state index contributed by atoms with van der Waals surface area (Å²) in [6, 6.07) is 15.8. The molecule has 1 fully saturated rings. The zero-order valence-electron chi connectivity index (χ0n) is 15.8. The van der Waals surface area contributed by atoms with Gasteiger partial charge in [-0.3, -0.25) is 9.59 Å². The molecule has 0 aliphatic carbocycles. The average molecular weight is 376 g/mol. The number of piperidine rings is 1. The van der Waals surface area contributed by atoms with Crippen molar-refractivity contribution in [3.05, 3.63) is 72.3 Å². The number of hydrogen-bond acceptors (Lipinski definition) is 3. The number of carbonyl (C=O) groups excluding carboxylic acids is 2. The van der Waals surface area contributed by atoms with E-state index in [0.717, 1.165) is 42.9 Å². The van der Waals surface area contributed by atoms with Crippen LogP contribution in [0.5, 0.6) is 5.75 Å². The van der Waals surface area contributed by atoms with Gasteiger partial charge in [0.2, 0.25) is 5.91 Å². The predicted molar refractivity (Wildman–Crippen MR) is 108 cm³/mol. The Hall–Kier alpha value is -3.08. The van der Waals surface area contributed by atoms with Crippen molar-refractivity contribution < 1.29 is 14.3 Å². The molecule has 144 valence electrons. The molecule has 2 heterocycles. The summed E-state index contributed by atoms with van der Waals surface area (Å²) in [5, 5.41) is 2.99. The zero-order valence-corrected chi connectivity index (χ0v) is 15.8. The molecule has 2 aliphatic rings. The number of nitrogens with zero attached hydrogens (tertiary/aromatic N) is 1. The number of hydrogen-bond donors (Lipinski definition) is 1. The van der Waals surface area contributed by atoms with Gasteiger partial charge in [0, 0.05) is 25.2 Å². The van der Waals surface area contributed by atoms with Crippen LogP contribution >= 0.6 is 0 Å². The highest BCUT2D eigenvalue weighted by molar-refractivity contribution is 5.95. The highest BCUT2D eigenvalue weighted by atomic mass is 16.5. The molecule has 1 atom stereocenters. The lowest BCUT2D eigenvalue weighted by Crippen LogP contribution is -2.36. The van der Waals surface area contributed by atoms with Crippen LogP contribution in [0, 0.1) is 0 Å². The van der Waals surface area contributed by atoms with Gasteiger partial charge in [0.25, 0.3) is 5.91 Å². The number of benzene rings is 2. The van der Waals surface area contributed by atoms with Gasteiger partial charge >= 0.3 is 0 Å². The average Bonchev–Trinajstić information content (AvgIpc) is 3.18. The largest absolute Gasteiger partial charge is 0.480 e. The number of amides is 2. The Balaban J connectivity index is 1.37. The topological polar surface area (TPSA) is 58.6 Å². The zero-order chi connectivity index (χ0) is 19.5. The first-order valence-corrected chi connectivity index (χ1v) is 9.71. The van der Waals surface area contributed by atoms with Gasteiger partial charge in [0.05, 0.1) is 0 Å². The van der Waals surface area contributed by atoms with E-state index in [-0.39, 0.29) is 11.8 Å². The molecule has 0 bridgehead atoms. The minimum absolute atomic E-state index is 0.00276. The number of carbonyl (C=O) groups is 2. The van der Waals surface area contributed by atoms with Crippen molar-refractivity contribution in [3.63, 3.8) is 0 Å². The standard InChI is InChI=1S/C23H24N2O3/c1-2-22(26)25-12-10-16(11-13-25)17-7-5-8-19(14-17)24-23(27)21-15-18-6-3-4-9-20(18)28-21/h2-9,14,16,21H,1,10-13,15H2,(H,24,27). The molecule has 2 aromatic carbocycles. The lowest BCUT2D eigenvalue weighted by molar-refractivity contribution is -0.127. The van der Waals surface area contributed by atoms with E-state index in [9.17, 15) is 9.59 Å². The molecule has 0 saturated carbocycles. The van der Waals surface area contributed by atoms with Crippen molar-refractivity contribution in [1.82, 2.24) is 4.90 Å². The minimum Gasteiger partial charge on any atom is -0.480 e. The van der Waals surface area contributed by atoms with Gasteiger partial charge < -0.3 is 15.0 Å². The van der Waals surface area contributed by atoms with Crippen molar-refractivity contribution in [2.24, 2.45) is 0 Å². The Bertz CT molecular complexity index is 875. The third kappa shape index (κ3) is 3.79. The number of likely N-dealkylation sites (tertiary alicyclic amines) is 1. The molecule has 1 saturated heterocycles. The minimum atomic E-state index is -0.491. The molecule has 5 nitrogen and oxygen atoms in total. The van der Waals surface area contributed by atoms with Crippen LogP contribution in [-0.4, -0.2) is 35.9 Å². The maximum Gasteiger partial charge on any atom is 0.265 e. The summed E-state index contributed by atoms with van der Waals surface area (Å²) in [7, 11) is 0. The van der Waals surface area contributed by atoms with Gasteiger partial charge in [-0.05, 0) is 54.2 Å². The lowest BCUT2D eigenvalue weighted by Gasteiger charge is -2.31. The second-order valence-electron chi connectivity index (χ2n) is 7.34. The Morgan fingerprint density at radius 2 is 1.89 bits per heavy atom. The SMILES string of the molecule is C=CC(=O)N1CCC(c2cccc(NC(=O)C3Cc4ccccc4O3)c2)CC1. The second-order valence-corrected chi connectivity index (χ2v) is 7.34. The van der Waals surface area contributed by atoms with E-state index in [1.165, 1.54) is 11.6 Å². The first kappa shape index (κ1) is 18.3. The van der Waals surface area contributed by atoms with Gasteiger partial charge in [-0.2, -0.15) is 0 Å². The first-order chi connectivity index (χ1) is 13.6. The summed E-state index contributed by atoms with van der Waals surface area (Å²) in [6.07, 6.45) is 3.31. The summed E-state index contributed by atoms with van der Waals surface area (Å²) < 4.78 is 5.77. The normalized spacial score (nSPS) is 18.9. The van der Waals surface area contributed by atoms with E-state index >= 15 is 0 Å². The highest BCUT2D eigenvalue weighted by Crippen LogP contribution is 2.31. The molecular weight excluding hydrogens is 352 g/mol. The molecule has 28 heavy (non-hydrogen) atoms. The molecule has 5 heteroatoms.